The molecule has 5 rings (SSSR count). The Morgan fingerprint density at radius 1 is 1.18 bits per heavy atom. The first-order chi connectivity index (χ1) is 13.6. The summed E-state index contributed by atoms with van der Waals surface area (Å²) < 4.78 is 11.6. The molecule has 1 saturated heterocycles. The molecule has 146 valence electrons. The first-order valence-corrected chi connectivity index (χ1v) is 10.3. The highest BCUT2D eigenvalue weighted by Gasteiger charge is 2.65. The predicted octanol–water partition coefficient (Wildman–Crippen LogP) is 4.35. The molecule has 1 aromatic carbocycles. The maximum atomic E-state index is 12.4. The van der Waals surface area contributed by atoms with Crippen LogP contribution in [-0.2, 0) is 9.53 Å². The molecule has 1 atom stereocenters. The summed E-state index contributed by atoms with van der Waals surface area (Å²) in [4.78, 5) is 16.7. The first kappa shape index (κ1) is 17.7. The second kappa shape index (κ2) is 6.89. The number of hydrogen-bond acceptors (Lipinski definition) is 4. The van der Waals surface area contributed by atoms with Crippen LogP contribution in [0.5, 0.6) is 5.75 Å². The molecule has 1 N–H and O–H groups in total. The largest absolute Gasteiger partial charge is 0.490 e. The van der Waals surface area contributed by atoms with Gasteiger partial charge in [-0.2, -0.15) is 0 Å². The Morgan fingerprint density at radius 2 is 1.96 bits per heavy atom. The molecule has 1 aromatic heterocycles. The molecular formula is C23H26N2O3. The lowest BCUT2D eigenvalue weighted by Gasteiger charge is -2.24. The summed E-state index contributed by atoms with van der Waals surface area (Å²) in [7, 11) is 0. The molecule has 1 spiro atoms. The van der Waals surface area contributed by atoms with Gasteiger partial charge >= 0.3 is 0 Å². The van der Waals surface area contributed by atoms with Gasteiger partial charge in [0.2, 0.25) is 5.91 Å². The van der Waals surface area contributed by atoms with Crippen LogP contribution in [0.25, 0.3) is 11.1 Å². The molecule has 2 aromatic rings. The van der Waals surface area contributed by atoms with Crippen LogP contribution in [0.4, 0.5) is 5.82 Å². The number of hydrogen-bond donors (Lipinski definition) is 1. The SMILES string of the molecule is Cc1cc(-c2ccnc(NC(=O)C3CC34CC4)c2)ccc1OC1CCOCC1. The van der Waals surface area contributed by atoms with Crippen molar-refractivity contribution in [3.63, 3.8) is 0 Å². The summed E-state index contributed by atoms with van der Waals surface area (Å²) in [6.45, 7) is 3.62. The minimum Gasteiger partial charge on any atom is -0.490 e. The van der Waals surface area contributed by atoms with E-state index < -0.39 is 0 Å². The summed E-state index contributed by atoms with van der Waals surface area (Å²) in [5, 5.41) is 3.00. The number of nitrogens with zero attached hydrogens (tertiary/aromatic N) is 1. The number of aromatic nitrogens is 1. The van der Waals surface area contributed by atoms with Crippen LogP contribution in [0.15, 0.2) is 36.5 Å². The molecule has 2 heterocycles. The average Bonchev–Trinajstić information content (AvgIpc) is 3.64. The normalized spacial score (nSPS) is 22.7. The lowest BCUT2D eigenvalue weighted by atomic mass is 10.0. The molecule has 0 radical (unpaired) electrons. The number of amides is 1. The van der Waals surface area contributed by atoms with Crippen molar-refractivity contribution in [2.75, 3.05) is 18.5 Å². The van der Waals surface area contributed by atoms with Crippen LogP contribution >= 0.6 is 0 Å². The monoisotopic (exact) mass is 378 g/mol. The zero-order valence-electron chi connectivity index (χ0n) is 16.2. The Labute approximate surface area is 165 Å². The topological polar surface area (TPSA) is 60.5 Å². The number of aryl methyl sites for hydroxylation is 1. The Morgan fingerprint density at radius 3 is 2.68 bits per heavy atom. The van der Waals surface area contributed by atoms with Gasteiger partial charge in [0.25, 0.3) is 0 Å². The van der Waals surface area contributed by atoms with Crippen LogP contribution in [-0.4, -0.2) is 30.2 Å². The molecule has 1 unspecified atom stereocenters. The third-order valence-corrected chi connectivity index (χ3v) is 6.38. The maximum absolute atomic E-state index is 12.4. The van der Waals surface area contributed by atoms with Crippen LogP contribution in [0.1, 0.15) is 37.7 Å². The van der Waals surface area contributed by atoms with Gasteiger partial charge in [0.05, 0.1) is 13.2 Å². The van der Waals surface area contributed by atoms with E-state index in [-0.39, 0.29) is 17.9 Å². The molecule has 3 aliphatic rings. The van der Waals surface area contributed by atoms with Gasteiger partial charge in [-0.05, 0) is 72.6 Å². The number of rotatable bonds is 5. The van der Waals surface area contributed by atoms with Gasteiger partial charge in [0, 0.05) is 25.0 Å². The lowest BCUT2D eigenvalue weighted by molar-refractivity contribution is -0.117. The fourth-order valence-corrected chi connectivity index (χ4v) is 4.26. The van der Waals surface area contributed by atoms with Gasteiger partial charge in [-0.25, -0.2) is 4.98 Å². The molecule has 2 aliphatic carbocycles. The predicted molar refractivity (Wildman–Crippen MR) is 107 cm³/mol. The third kappa shape index (κ3) is 3.51. The lowest BCUT2D eigenvalue weighted by Crippen LogP contribution is -2.26. The van der Waals surface area contributed by atoms with Gasteiger partial charge in [-0.3, -0.25) is 4.79 Å². The number of ether oxygens (including phenoxy) is 2. The van der Waals surface area contributed by atoms with E-state index in [1.807, 2.05) is 18.2 Å². The molecule has 5 heteroatoms. The fourth-order valence-electron chi connectivity index (χ4n) is 4.26. The Balaban J connectivity index is 1.28. The van der Waals surface area contributed by atoms with Crippen molar-refractivity contribution in [2.24, 2.45) is 11.3 Å². The Hall–Kier alpha value is -2.40. The molecule has 2 saturated carbocycles. The summed E-state index contributed by atoms with van der Waals surface area (Å²) >= 11 is 0. The summed E-state index contributed by atoms with van der Waals surface area (Å²) in [6.07, 6.45) is 7.34. The van der Waals surface area contributed by atoms with E-state index in [4.69, 9.17) is 9.47 Å². The molecule has 1 aliphatic heterocycles. The van der Waals surface area contributed by atoms with Crippen molar-refractivity contribution < 1.29 is 14.3 Å². The maximum Gasteiger partial charge on any atom is 0.229 e. The summed E-state index contributed by atoms with van der Waals surface area (Å²) in [6, 6.07) is 10.2. The quantitative estimate of drug-likeness (QED) is 0.840. The van der Waals surface area contributed by atoms with Gasteiger partial charge in [-0.1, -0.05) is 6.07 Å². The number of carbonyl (C=O) groups is 1. The van der Waals surface area contributed by atoms with Crippen LogP contribution in [0.3, 0.4) is 0 Å². The molecule has 3 fully saturated rings. The molecule has 1 amide bonds. The van der Waals surface area contributed by atoms with E-state index in [0.29, 0.717) is 11.2 Å². The van der Waals surface area contributed by atoms with Crippen LogP contribution in [0.2, 0.25) is 0 Å². The number of benzene rings is 1. The van der Waals surface area contributed by atoms with Crippen molar-refractivity contribution >= 4 is 11.7 Å². The second-order valence-corrected chi connectivity index (χ2v) is 8.45. The highest BCUT2D eigenvalue weighted by molar-refractivity contribution is 5.95. The minimum atomic E-state index is 0.124. The smallest absolute Gasteiger partial charge is 0.229 e. The number of carbonyl (C=O) groups excluding carboxylic acids is 1. The van der Waals surface area contributed by atoms with E-state index in [1.54, 1.807) is 6.20 Å². The molecule has 28 heavy (non-hydrogen) atoms. The second-order valence-electron chi connectivity index (χ2n) is 8.45. The van der Waals surface area contributed by atoms with E-state index in [2.05, 4.69) is 29.4 Å². The van der Waals surface area contributed by atoms with Crippen molar-refractivity contribution in [1.29, 1.82) is 0 Å². The number of anilines is 1. The van der Waals surface area contributed by atoms with E-state index in [0.717, 1.165) is 54.9 Å². The van der Waals surface area contributed by atoms with Crippen molar-refractivity contribution in [3.8, 4) is 16.9 Å². The molecular weight excluding hydrogens is 352 g/mol. The highest BCUT2D eigenvalue weighted by atomic mass is 16.5. The Kier molecular flexibility index (Phi) is 4.35. The van der Waals surface area contributed by atoms with E-state index >= 15 is 0 Å². The highest BCUT2D eigenvalue weighted by Crippen LogP contribution is 2.70. The zero-order chi connectivity index (χ0) is 19.1. The van der Waals surface area contributed by atoms with E-state index in [1.165, 1.54) is 12.8 Å². The Bertz CT molecular complexity index is 900. The van der Waals surface area contributed by atoms with Crippen molar-refractivity contribution in [2.45, 2.75) is 45.1 Å². The van der Waals surface area contributed by atoms with Gasteiger partial charge < -0.3 is 14.8 Å². The fraction of sp³-hybridized carbons (Fsp3) is 0.478. The number of nitrogens with one attached hydrogen (secondary N) is 1. The molecule has 5 nitrogen and oxygen atoms in total. The van der Waals surface area contributed by atoms with E-state index in [9.17, 15) is 4.79 Å². The standard InChI is InChI=1S/C23H26N2O3/c1-15-12-16(2-3-20(15)28-18-5-10-27-11-6-18)17-4-9-24-21(13-17)25-22(26)19-14-23(19)7-8-23/h2-4,9,12-13,18-19H,5-8,10-11,14H2,1H3,(H,24,25,26). The first-order valence-electron chi connectivity index (χ1n) is 10.3. The minimum absolute atomic E-state index is 0.124. The van der Waals surface area contributed by atoms with Gasteiger partial charge in [0.1, 0.15) is 17.7 Å². The van der Waals surface area contributed by atoms with Crippen LogP contribution < -0.4 is 10.1 Å². The van der Waals surface area contributed by atoms with Crippen molar-refractivity contribution in [1.82, 2.24) is 4.98 Å². The summed E-state index contributed by atoms with van der Waals surface area (Å²) in [5.74, 6) is 1.88. The van der Waals surface area contributed by atoms with Crippen molar-refractivity contribution in [3.05, 3.63) is 42.1 Å². The zero-order valence-corrected chi connectivity index (χ0v) is 16.2. The molecule has 0 bridgehead atoms. The average molecular weight is 378 g/mol. The van der Waals surface area contributed by atoms with Gasteiger partial charge in [-0.15, -0.1) is 0 Å². The van der Waals surface area contributed by atoms with Gasteiger partial charge in [0.15, 0.2) is 0 Å². The number of pyridine rings is 1. The van der Waals surface area contributed by atoms with Crippen LogP contribution in [0, 0.1) is 18.3 Å². The third-order valence-electron chi connectivity index (χ3n) is 6.38. The summed E-state index contributed by atoms with van der Waals surface area (Å²) in [5.41, 5.74) is 3.61.